The summed E-state index contributed by atoms with van der Waals surface area (Å²) in [6.07, 6.45) is 2.07. The van der Waals surface area contributed by atoms with E-state index in [0.29, 0.717) is 13.1 Å². The predicted molar refractivity (Wildman–Crippen MR) is 104 cm³/mol. The summed E-state index contributed by atoms with van der Waals surface area (Å²) in [5, 5.41) is 0. The average molecular weight is 403 g/mol. The van der Waals surface area contributed by atoms with Crippen molar-refractivity contribution < 1.29 is 9.53 Å². The summed E-state index contributed by atoms with van der Waals surface area (Å²) in [6, 6.07) is 14.1. The highest BCUT2D eigenvalue weighted by atomic mass is 79.9. The van der Waals surface area contributed by atoms with Gasteiger partial charge in [-0.15, -0.1) is 0 Å². The van der Waals surface area contributed by atoms with E-state index in [1.54, 1.807) is 7.11 Å². The minimum atomic E-state index is 0.142. The van der Waals surface area contributed by atoms with Crippen LogP contribution in [0.3, 0.4) is 0 Å². The smallest absolute Gasteiger partial charge is 0.241 e. The van der Waals surface area contributed by atoms with E-state index in [1.807, 2.05) is 53.2 Å². The molecule has 3 rings (SSSR count). The third-order valence-corrected chi connectivity index (χ3v) is 4.99. The molecule has 0 radical (unpaired) electrons. The molecule has 0 N–H and O–H groups in total. The molecule has 1 amide bonds. The van der Waals surface area contributed by atoms with Crippen LogP contribution >= 0.6 is 15.9 Å². The van der Waals surface area contributed by atoms with Gasteiger partial charge < -0.3 is 9.64 Å². The maximum absolute atomic E-state index is 12.8. The van der Waals surface area contributed by atoms with E-state index < -0.39 is 0 Å². The molecule has 5 heteroatoms. The largest absolute Gasteiger partial charge is 0.496 e. The van der Waals surface area contributed by atoms with Gasteiger partial charge in [-0.2, -0.15) is 0 Å². The number of aryl methyl sites for hydroxylation is 1. The van der Waals surface area contributed by atoms with Crippen molar-refractivity contribution in [3.63, 3.8) is 0 Å². The fourth-order valence-corrected chi connectivity index (χ4v) is 3.73. The number of halogens is 1. The second-order valence-corrected chi connectivity index (χ2v) is 7.32. The fourth-order valence-electron chi connectivity index (χ4n) is 3.33. The van der Waals surface area contributed by atoms with Crippen LogP contribution in [0.4, 0.5) is 5.69 Å². The van der Waals surface area contributed by atoms with Crippen LogP contribution in [0.2, 0.25) is 0 Å². The highest BCUT2D eigenvalue weighted by molar-refractivity contribution is 9.10. The first kappa shape index (κ1) is 18.0. The van der Waals surface area contributed by atoms with E-state index in [-0.39, 0.29) is 5.91 Å². The molecule has 0 unspecified atom stereocenters. The summed E-state index contributed by atoms with van der Waals surface area (Å²) < 4.78 is 6.43. The van der Waals surface area contributed by atoms with Crippen LogP contribution in [0.1, 0.15) is 17.5 Å². The Kier molecular flexibility index (Phi) is 5.76. The first-order valence-electron chi connectivity index (χ1n) is 8.47. The van der Waals surface area contributed by atoms with Gasteiger partial charge in [0.2, 0.25) is 5.91 Å². The highest BCUT2D eigenvalue weighted by Gasteiger charge is 2.23. The SMILES string of the molecule is COc1ccc(Br)cc1CN(C)CC(=O)N1CCCc2ccccc21. The predicted octanol–water partition coefficient (Wildman–Crippen LogP) is 3.87. The summed E-state index contributed by atoms with van der Waals surface area (Å²) in [4.78, 5) is 16.8. The number of fused-ring (bicyclic) bond motifs is 1. The topological polar surface area (TPSA) is 32.8 Å². The van der Waals surface area contributed by atoms with E-state index in [9.17, 15) is 4.79 Å². The van der Waals surface area contributed by atoms with Crippen LogP contribution in [0.25, 0.3) is 0 Å². The zero-order valence-corrected chi connectivity index (χ0v) is 16.3. The van der Waals surface area contributed by atoms with Gasteiger partial charge in [0.25, 0.3) is 0 Å². The fraction of sp³-hybridized carbons (Fsp3) is 0.350. The van der Waals surface area contributed by atoms with E-state index in [4.69, 9.17) is 4.74 Å². The van der Waals surface area contributed by atoms with Gasteiger partial charge >= 0.3 is 0 Å². The van der Waals surface area contributed by atoms with Crippen molar-refractivity contribution in [1.82, 2.24) is 4.90 Å². The number of ether oxygens (including phenoxy) is 1. The monoisotopic (exact) mass is 402 g/mol. The van der Waals surface area contributed by atoms with Crippen molar-refractivity contribution in [1.29, 1.82) is 0 Å². The van der Waals surface area contributed by atoms with Crippen LogP contribution < -0.4 is 9.64 Å². The van der Waals surface area contributed by atoms with Crippen molar-refractivity contribution >= 4 is 27.5 Å². The van der Waals surface area contributed by atoms with Crippen molar-refractivity contribution in [2.24, 2.45) is 0 Å². The molecular weight excluding hydrogens is 380 g/mol. The third-order valence-electron chi connectivity index (χ3n) is 4.50. The molecule has 2 aromatic carbocycles. The summed E-state index contributed by atoms with van der Waals surface area (Å²) in [6.45, 7) is 1.83. The van der Waals surface area contributed by atoms with E-state index in [1.165, 1.54) is 5.56 Å². The quantitative estimate of drug-likeness (QED) is 0.760. The van der Waals surface area contributed by atoms with E-state index >= 15 is 0 Å². The Morgan fingerprint density at radius 3 is 2.88 bits per heavy atom. The molecule has 1 aliphatic heterocycles. The number of amides is 1. The molecule has 4 nitrogen and oxygen atoms in total. The molecule has 132 valence electrons. The lowest BCUT2D eigenvalue weighted by atomic mass is 10.0. The Morgan fingerprint density at radius 2 is 2.08 bits per heavy atom. The molecule has 0 saturated carbocycles. The van der Waals surface area contributed by atoms with Gasteiger partial charge in [0.15, 0.2) is 0 Å². The number of hydrogen-bond acceptors (Lipinski definition) is 3. The lowest BCUT2D eigenvalue weighted by Crippen LogP contribution is -2.41. The average Bonchev–Trinajstić information content (AvgIpc) is 2.61. The lowest BCUT2D eigenvalue weighted by molar-refractivity contribution is -0.119. The molecule has 0 spiro atoms. The number of anilines is 1. The number of likely N-dealkylation sites (N-methyl/N-ethyl adjacent to an activating group) is 1. The second-order valence-electron chi connectivity index (χ2n) is 6.41. The molecule has 0 fully saturated rings. The van der Waals surface area contributed by atoms with Gasteiger partial charge in [-0.25, -0.2) is 0 Å². The zero-order chi connectivity index (χ0) is 17.8. The van der Waals surface area contributed by atoms with Gasteiger partial charge in [-0.1, -0.05) is 34.1 Å². The number of rotatable bonds is 5. The molecule has 0 aliphatic carbocycles. The first-order chi connectivity index (χ1) is 12.1. The lowest BCUT2D eigenvalue weighted by Gasteiger charge is -2.31. The molecule has 1 aliphatic rings. The Balaban J connectivity index is 1.69. The number of nitrogens with zero attached hydrogens (tertiary/aromatic N) is 2. The minimum Gasteiger partial charge on any atom is -0.496 e. The van der Waals surface area contributed by atoms with Gasteiger partial charge in [0.1, 0.15) is 5.75 Å². The number of hydrogen-bond donors (Lipinski definition) is 0. The summed E-state index contributed by atoms with van der Waals surface area (Å²) in [5.41, 5.74) is 3.39. The van der Waals surface area contributed by atoms with Crippen LogP contribution in [0.15, 0.2) is 46.9 Å². The van der Waals surface area contributed by atoms with Gasteiger partial charge in [0, 0.05) is 28.8 Å². The molecular formula is C20H23BrN2O2. The third kappa shape index (κ3) is 4.22. The Hall–Kier alpha value is -1.85. The molecule has 1 heterocycles. The molecule has 2 aromatic rings. The van der Waals surface area contributed by atoms with Crippen molar-refractivity contribution in [3.8, 4) is 5.75 Å². The first-order valence-corrected chi connectivity index (χ1v) is 9.27. The maximum Gasteiger partial charge on any atom is 0.241 e. The number of para-hydroxylation sites is 1. The Morgan fingerprint density at radius 1 is 1.28 bits per heavy atom. The second kappa shape index (κ2) is 8.02. The molecule has 0 bridgehead atoms. The Labute approximate surface area is 157 Å². The molecule has 0 atom stereocenters. The summed E-state index contributed by atoms with van der Waals surface area (Å²) in [7, 11) is 3.64. The molecule has 0 aromatic heterocycles. The van der Waals surface area contributed by atoms with Gasteiger partial charge in [-0.05, 0) is 49.7 Å². The molecule has 25 heavy (non-hydrogen) atoms. The van der Waals surface area contributed by atoms with Crippen molar-refractivity contribution in [2.45, 2.75) is 19.4 Å². The van der Waals surface area contributed by atoms with Gasteiger partial charge in [-0.3, -0.25) is 9.69 Å². The minimum absolute atomic E-state index is 0.142. The molecule has 0 saturated heterocycles. The summed E-state index contributed by atoms with van der Waals surface area (Å²) >= 11 is 3.50. The van der Waals surface area contributed by atoms with Crippen LogP contribution in [0, 0.1) is 0 Å². The van der Waals surface area contributed by atoms with E-state index in [2.05, 4.69) is 22.0 Å². The summed E-state index contributed by atoms with van der Waals surface area (Å²) in [5.74, 6) is 0.981. The maximum atomic E-state index is 12.8. The van der Waals surface area contributed by atoms with E-state index in [0.717, 1.165) is 40.9 Å². The number of carbonyl (C=O) groups is 1. The van der Waals surface area contributed by atoms with Crippen LogP contribution in [-0.2, 0) is 17.8 Å². The van der Waals surface area contributed by atoms with Crippen LogP contribution in [0.5, 0.6) is 5.75 Å². The Bertz CT molecular complexity index is 763. The number of methoxy groups -OCH3 is 1. The van der Waals surface area contributed by atoms with Crippen LogP contribution in [-0.4, -0.2) is 38.1 Å². The van der Waals surface area contributed by atoms with Crippen molar-refractivity contribution in [3.05, 3.63) is 58.1 Å². The standard InChI is InChI=1S/C20H23BrN2O2/c1-22(13-16-12-17(21)9-10-19(16)25-2)14-20(24)23-11-5-7-15-6-3-4-8-18(15)23/h3-4,6,8-10,12H,5,7,11,13-14H2,1-2H3. The number of benzene rings is 2. The normalized spacial score (nSPS) is 13.7. The van der Waals surface area contributed by atoms with Gasteiger partial charge in [0.05, 0.1) is 13.7 Å². The highest BCUT2D eigenvalue weighted by Crippen LogP contribution is 2.27. The van der Waals surface area contributed by atoms with Crippen molar-refractivity contribution in [2.75, 3.05) is 32.1 Å². The number of carbonyl (C=O) groups excluding carboxylic acids is 1. The zero-order valence-electron chi connectivity index (χ0n) is 14.7.